The van der Waals surface area contributed by atoms with E-state index >= 15 is 0 Å². The number of carbonyl (C=O) groups excluding carboxylic acids is 1. The lowest BCUT2D eigenvalue weighted by atomic mass is 10.2. The molecule has 88 valence electrons. The monoisotopic (exact) mass is 246 g/mol. The highest BCUT2D eigenvalue weighted by Gasteiger charge is 2.28. The molecule has 0 fully saturated rings. The van der Waals surface area contributed by atoms with E-state index in [1.54, 1.807) is 0 Å². The largest absolute Gasteiger partial charge is 0.493 e. The van der Waals surface area contributed by atoms with E-state index in [1.165, 1.54) is 32.4 Å². The van der Waals surface area contributed by atoms with Gasteiger partial charge in [0, 0.05) is 5.56 Å². The first-order valence-corrected chi connectivity index (χ1v) is 5.84. The van der Waals surface area contributed by atoms with Gasteiger partial charge in [-0.15, -0.1) is 0 Å². The zero-order chi connectivity index (χ0) is 12.3. The van der Waals surface area contributed by atoms with E-state index in [-0.39, 0.29) is 11.3 Å². The van der Waals surface area contributed by atoms with Crippen molar-refractivity contribution >= 4 is 13.1 Å². The summed E-state index contributed by atoms with van der Waals surface area (Å²) >= 11 is 0. The molecule has 0 saturated heterocycles. The fourth-order valence-electron chi connectivity index (χ4n) is 1.14. The first-order valence-electron chi connectivity index (χ1n) is 4.22. The summed E-state index contributed by atoms with van der Waals surface area (Å²) in [6.45, 7) is 0. The van der Waals surface area contributed by atoms with Crippen LogP contribution in [0.15, 0.2) is 18.2 Å². The molecule has 1 aromatic rings. The lowest BCUT2D eigenvalue weighted by Crippen LogP contribution is -2.01. The van der Waals surface area contributed by atoms with Crippen molar-refractivity contribution in [3.63, 3.8) is 0 Å². The first kappa shape index (κ1) is 12.7. The Kier molecular flexibility index (Phi) is 3.70. The summed E-state index contributed by atoms with van der Waals surface area (Å²) in [5, 5.41) is 0. The van der Waals surface area contributed by atoms with E-state index in [0.29, 0.717) is 5.75 Å². The molecule has 6 nitrogen and oxygen atoms in total. The summed E-state index contributed by atoms with van der Waals surface area (Å²) in [5.74, 6) is 0.617. The van der Waals surface area contributed by atoms with Crippen molar-refractivity contribution in [1.82, 2.24) is 0 Å². The van der Waals surface area contributed by atoms with Crippen LogP contribution in [0.2, 0.25) is 0 Å². The number of hydrogen-bond donors (Lipinski definition) is 2. The minimum atomic E-state index is -4.77. The molecule has 0 unspecified atom stereocenters. The molecule has 0 spiro atoms. The summed E-state index contributed by atoms with van der Waals surface area (Å²) in [5.41, 5.74) is -1.36. The van der Waals surface area contributed by atoms with Crippen molar-refractivity contribution in [2.24, 2.45) is 0 Å². The SMILES string of the molecule is COc1ccc(C(=O)P(=O)(O)O)cc1OC. The zero-order valence-electron chi connectivity index (χ0n) is 8.71. The zero-order valence-corrected chi connectivity index (χ0v) is 9.60. The fraction of sp³-hybridized carbons (Fsp3) is 0.222. The van der Waals surface area contributed by atoms with Crippen molar-refractivity contribution in [1.29, 1.82) is 0 Å². The van der Waals surface area contributed by atoms with Crippen LogP contribution >= 0.6 is 7.60 Å². The number of methoxy groups -OCH3 is 2. The second-order valence-corrected chi connectivity index (χ2v) is 4.41. The molecule has 0 aliphatic carbocycles. The Morgan fingerprint density at radius 2 is 1.75 bits per heavy atom. The van der Waals surface area contributed by atoms with Gasteiger partial charge in [0.2, 0.25) is 0 Å². The van der Waals surface area contributed by atoms with E-state index in [9.17, 15) is 9.36 Å². The van der Waals surface area contributed by atoms with Gasteiger partial charge in [0.1, 0.15) is 0 Å². The molecule has 0 radical (unpaired) electrons. The van der Waals surface area contributed by atoms with Gasteiger partial charge in [-0.3, -0.25) is 9.36 Å². The van der Waals surface area contributed by atoms with Crippen LogP contribution in [0.3, 0.4) is 0 Å². The van der Waals surface area contributed by atoms with Crippen LogP contribution in [-0.4, -0.2) is 29.5 Å². The molecule has 16 heavy (non-hydrogen) atoms. The molecular weight excluding hydrogens is 235 g/mol. The molecule has 0 aliphatic heterocycles. The third-order valence-corrected chi connectivity index (χ3v) is 2.68. The maximum atomic E-state index is 11.3. The predicted molar refractivity (Wildman–Crippen MR) is 55.9 cm³/mol. The maximum absolute atomic E-state index is 11.3. The number of rotatable bonds is 4. The maximum Gasteiger partial charge on any atom is 0.396 e. The molecule has 0 amide bonds. The van der Waals surface area contributed by atoms with Crippen LogP contribution in [0.5, 0.6) is 11.5 Å². The van der Waals surface area contributed by atoms with Crippen LogP contribution in [0.1, 0.15) is 10.4 Å². The molecule has 0 aromatic heterocycles. The van der Waals surface area contributed by atoms with Crippen LogP contribution < -0.4 is 9.47 Å². The number of hydrogen-bond acceptors (Lipinski definition) is 4. The predicted octanol–water partition coefficient (Wildman–Crippen LogP) is 1.02. The average molecular weight is 246 g/mol. The highest BCUT2D eigenvalue weighted by molar-refractivity contribution is 7.70. The van der Waals surface area contributed by atoms with E-state index in [0.717, 1.165) is 0 Å². The van der Waals surface area contributed by atoms with Gasteiger partial charge >= 0.3 is 7.60 Å². The minimum Gasteiger partial charge on any atom is -0.493 e. The van der Waals surface area contributed by atoms with Gasteiger partial charge in [0.15, 0.2) is 11.5 Å². The van der Waals surface area contributed by atoms with Gasteiger partial charge in [-0.1, -0.05) is 0 Å². The Morgan fingerprint density at radius 1 is 1.19 bits per heavy atom. The molecule has 2 N–H and O–H groups in total. The molecular formula is C9H11O6P. The Bertz CT molecular complexity index is 449. The highest BCUT2D eigenvalue weighted by atomic mass is 31.2. The summed E-state index contributed by atoms with van der Waals surface area (Å²) in [4.78, 5) is 28.7. The smallest absolute Gasteiger partial charge is 0.396 e. The van der Waals surface area contributed by atoms with Gasteiger partial charge in [0.25, 0.3) is 5.52 Å². The summed E-state index contributed by atoms with van der Waals surface area (Å²) in [6.07, 6.45) is 0. The van der Waals surface area contributed by atoms with Gasteiger partial charge in [0.05, 0.1) is 14.2 Å². The van der Waals surface area contributed by atoms with E-state index in [1.807, 2.05) is 0 Å². The number of benzene rings is 1. The van der Waals surface area contributed by atoms with Crippen LogP contribution in [-0.2, 0) is 4.57 Å². The normalized spacial score (nSPS) is 11.0. The quantitative estimate of drug-likeness (QED) is 0.770. The van der Waals surface area contributed by atoms with Crippen LogP contribution in [0, 0.1) is 0 Å². The lowest BCUT2D eigenvalue weighted by molar-refractivity contribution is 0.104. The third kappa shape index (κ3) is 2.61. The Hall–Kier alpha value is -1.36. The Balaban J connectivity index is 3.19. The van der Waals surface area contributed by atoms with Gasteiger partial charge in [-0.25, -0.2) is 0 Å². The van der Waals surface area contributed by atoms with Crippen LogP contribution in [0.4, 0.5) is 0 Å². The molecule has 1 aromatic carbocycles. The molecule has 0 bridgehead atoms. The second-order valence-electron chi connectivity index (χ2n) is 2.92. The van der Waals surface area contributed by atoms with Crippen molar-refractivity contribution < 1.29 is 28.6 Å². The second kappa shape index (κ2) is 4.65. The van der Waals surface area contributed by atoms with Crippen molar-refractivity contribution in [3.8, 4) is 11.5 Å². The lowest BCUT2D eigenvalue weighted by Gasteiger charge is -2.09. The highest BCUT2D eigenvalue weighted by Crippen LogP contribution is 2.40. The fourth-order valence-corrected chi connectivity index (χ4v) is 1.61. The van der Waals surface area contributed by atoms with E-state index in [4.69, 9.17) is 19.3 Å². The molecule has 0 saturated carbocycles. The average Bonchev–Trinajstić information content (AvgIpc) is 2.25. The molecule has 7 heteroatoms. The molecule has 1 rings (SSSR count). The first-order chi connectivity index (χ1) is 7.40. The van der Waals surface area contributed by atoms with Gasteiger partial charge in [-0.05, 0) is 18.2 Å². The molecule has 0 aliphatic rings. The third-order valence-electron chi connectivity index (χ3n) is 1.90. The van der Waals surface area contributed by atoms with Gasteiger partial charge < -0.3 is 19.3 Å². The topological polar surface area (TPSA) is 93.1 Å². The minimum absolute atomic E-state index is 0.119. The van der Waals surface area contributed by atoms with Crippen molar-refractivity contribution in [2.45, 2.75) is 0 Å². The van der Waals surface area contributed by atoms with E-state index < -0.39 is 13.1 Å². The van der Waals surface area contributed by atoms with Crippen molar-refractivity contribution in [2.75, 3.05) is 14.2 Å². The number of ether oxygens (including phenoxy) is 2. The molecule has 0 heterocycles. The summed E-state index contributed by atoms with van der Waals surface area (Å²) in [6, 6.07) is 3.89. The standard InChI is InChI=1S/C9H11O6P/c1-14-7-4-3-6(5-8(7)15-2)9(10)16(11,12)13/h3-5H,1-2H3,(H2,11,12,13). The number of carbonyl (C=O) groups is 1. The summed E-state index contributed by atoms with van der Waals surface area (Å²) in [7, 11) is -1.98. The van der Waals surface area contributed by atoms with Gasteiger partial charge in [-0.2, -0.15) is 0 Å². The molecule has 0 atom stereocenters. The van der Waals surface area contributed by atoms with Crippen molar-refractivity contribution in [3.05, 3.63) is 23.8 Å². The van der Waals surface area contributed by atoms with Crippen LogP contribution in [0.25, 0.3) is 0 Å². The summed E-state index contributed by atoms with van der Waals surface area (Å²) < 4.78 is 20.6. The Morgan fingerprint density at radius 3 is 2.19 bits per heavy atom. The Labute approximate surface area is 92.0 Å². The van der Waals surface area contributed by atoms with E-state index in [2.05, 4.69) is 0 Å².